The van der Waals surface area contributed by atoms with Crippen molar-refractivity contribution in [1.82, 2.24) is 4.40 Å². The van der Waals surface area contributed by atoms with E-state index < -0.39 is 0 Å². The van der Waals surface area contributed by atoms with Crippen LogP contribution in [0.15, 0.2) is 48.7 Å². The van der Waals surface area contributed by atoms with Crippen molar-refractivity contribution < 1.29 is 4.79 Å². The monoisotopic (exact) mass is 289 g/mol. The summed E-state index contributed by atoms with van der Waals surface area (Å²) in [6, 6.07) is 13.1. The summed E-state index contributed by atoms with van der Waals surface area (Å²) in [7, 11) is 0. The second-order valence-corrected chi connectivity index (χ2v) is 5.00. The van der Waals surface area contributed by atoms with E-state index in [1.54, 1.807) is 12.1 Å². The molecule has 3 aromatic rings. The molecule has 1 aromatic carbocycles. The maximum Gasteiger partial charge on any atom is 0.167 e. The third-order valence-corrected chi connectivity index (χ3v) is 3.80. The largest absolute Gasteiger partial charge is 0.314 e. The molecule has 0 bridgehead atoms. The Labute approximate surface area is 120 Å². The van der Waals surface area contributed by atoms with E-state index in [4.69, 9.17) is 23.2 Å². The first-order valence-electron chi connectivity index (χ1n) is 5.71. The van der Waals surface area contributed by atoms with Gasteiger partial charge in [-0.1, -0.05) is 35.3 Å². The Hall–Kier alpha value is -1.77. The zero-order valence-electron chi connectivity index (χ0n) is 9.81. The molecular weight excluding hydrogens is 281 g/mol. The van der Waals surface area contributed by atoms with Gasteiger partial charge in [0, 0.05) is 17.3 Å². The molecule has 4 heteroatoms. The summed E-state index contributed by atoms with van der Waals surface area (Å²) < 4.78 is 1.85. The Morgan fingerprint density at radius 2 is 1.84 bits per heavy atom. The van der Waals surface area contributed by atoms with E-state index in [9.17, 15) is 4.79 Å². The van der Waals surface area contributed by atoms with Crippen LogP contribution in [0.2, 0.25) is 10.0 Å². The van der Waals surface area contributed by atoms with Gasteiger partial charge in [0.25, 0.3) is 0 Å². The van der Waals surface area contributed by atoms with Crippen molar-refractivity contribution in [3.8, 4) is 11.1 Å². The zero-order valence-corrected chi connectivity index (χ0v) is 11.3. The molecule has 0 fully saturated rings. The molecular formula is C15H9Cl2NO. The summed E-state index contributed by atoms with van der Waals surface area (Å²) >= 11 is 11.9. The highest BCUT2D eigenvalue weighted by Gasteiger charge is 2.12. The van der Waals surface area contributed by atoms with Crippen LogP contribution in [0.25, 0.3) is 16.6 Å². The highest BCUT2D eigenvalue weighted by Crippen LogP contribution is 2.31. The Balaban J connectivity index is 2.29. The first-order chi connectivity index (χ1) is 9.20. The highest BCUT2D eigenvalue weighted by molar-refractivity contribution is 6.42. The number of hydrogen-bond donors (Lipinski definition) is 0. The van der Waals surface area contributed by atoms with Crippen molar-refractivity contribution in [1.29, 1.82) is 0 Å². The van der Waals surface area contributed by atoms with E-state index >= 15 is 0 Å². The molecule has 2 heterocycles. The zero-order chi connectivity index (χ0) is 13.4. The molecule has 0 atom stereocenters. The first-order valence-corrected chi connectivity index (χ1v) is 6.47. The van der Waals surface area contributed by atoms with Crippen LogP contribution in [-0.2, 0) is 0 Å². The van der Waals surface area contributed by atoms with E-state index in [2.05, 4.69) is 0 Å². The normalized spacial score (nSPS) is 10.8. The molecule has 3 rings (SSSR count). The average Bonchev–Trinajstić information content (AvgIpc) is 2.80. The van der Waals surface area contributed by atoms with Gasteiger partial charge in [0.05, 0.1) is 15.7 Å². The fraction of sp³-hybridized carbons (Fsp3) is 0. The lowest BCUT2D eigenvalue weighted by atomic mass is 10.1. The van der Waals surface area contributed by atoms with Gasteiger partial charge in [0.1, 0.15) is 0 Å². The summed E-state index contributed by atoms with van der Waals surface area (Å²) in [5.74, 6) is 0. The molecule has 0 aliphatic heterocycles. The second-order valence-electron chi connectivity index (χ2n) is 4.19. The topological polar surface area (TPSA) is 21.5 Å². The summed E-state index contributed by atoms with van der Waals surface area (Å²) in [6.07, 6.45) is 2.71. The van der Waals surface area contributed by atoms with Gasteiger partial charge in [0.15, 0.2) is 6.29 Å². The minimum atomic E-state index is 0.478. The van der Waals surface area contributed by atoms with Gasteiger partial charge in [-0.2, -0.15) is 0 Å². The number of rotatable bonds is 2. The Morgan fingerprint density at radius 3 is 2.58 bits per heavy atom. The van der Waals surface area contributed by atoms with E-state index in [0.29, 0.717) is 15.7 Å². The number of carbonyl (C=O) groups is 1. The summed E-state index contributed by atoms with van der Waals surface area (Å²) in [6.45, 7) is 0. The first kappa shape index (κ1) is 12.3. The fourth-order valence-corrected chi connectivity index (χ4v) is 2.46. The fourth-order valence-electron chi connectivity index (χ4n) is 2.16. The van der Waals surface area contributed by atoms with Crippen LogP contribution in [-0.4, -0.2) is 10.7 Å². The van der Waals surface area contributed by atoms with Crippen LogP contribution in [0.3, 0.4) is 0 Å². The number of nitrogens with zero attached hydrogens (tertiary/aromatic N) is 1. The van der Waals surface area contributed by atoms with Crippen molar-refractivity contribution in [2.45, 2.75) is 0 Å². The van der Waals surface area contributed by atoms with E-state index in [1.165, 1.54) is 0 Å². The quantitative estimate of drug-likeness (QED) is 0.625. The predicted molar refractivity (Wildman–Crippen MR) is 78.2 cm³/mol. The van der Waals surface area contributed by atoms with E-state index in [-0.39, 0.29) is 0 Å². The molecule has 2 nitrogen and oxygen atoms in total. The van der Waals surface area contributed by atoms with Crippen LogP contribution in [0.4, 0.5) is 0 Å². The molecule has 0 radical (unpaired) electrons. The average molecular weight is 290 g/mol. The van der Waals surface area contributed by atoms with Crippen molar-refractivity contribution in [3.63, 3.8) is 0 Å². The van der Waals surface area contributed by atoms with Gasteiger partial charge in [-0.25, -0.2) is 0 Å². The van der Waals surface area contributed by atoms with Crippen molar-refractivity contribution in [3.05, 3.63) is 64.4 Å². The number of aldehydes is 1. The summed E-state index contributed by atoms with van der Waals surface area (Å²) in [5, 5.41) is 0.980. The predicted octanol–water partition coefficient (Wildman–Crippen LogP) is 4.73. The maximum atomic E-state index is 11.3. The Morgan fingerprint density at radius 1 is 1.00 bits per heavy atom. The van der Waals surface area contributed by atoms with Crippen molar-refractivity contribution >= 4 is 35.0 Å². The van der Waals surface area contributed by atoms with Gasteiger partial charge < -0.3 is 4.40 Å². The SMILES string of the molecule is O=Cc1c(-c2ccc(Cl)c(Cl)c2)cc2ccccn12. The minimum absolute atomic E-state index is 0.478. The second kappa shape index (κ2) is 4.72. The Bertz CT molecular complexity index is 777. The molecule has 0 saturated heterocycles. The van der Waals surface area contributed by atoms with Gasteiger partial charge in [-0.3, -0.25) is 4.79 Å². The van der Waals surface area contributed by atoms with E-state index in [0.717, 1.165) is 22.9 Å². The van der Waals surface area contributed by atoms with Crippen molar-refractivity contribution in [2.75, 3.05) is 0 Å². The third kappa shape index (κ3) is 2.03. The molecule has 0 unspecified atom stereocenters. The highest BCUT2D eigenvalue weighted by atomic mass is 35.5. The number of pyridine rings is 1. The van der Waals surface area contributed by atoms with E-state index in [1.807, 2.05) is 40.9 Å². The smallest absolute Gasteiger partial charge is 0.167 e. The van der Waals surface area contributed by atoms with Crippen LogP contribution in [0.1, 0.15) is 10.5 Å². The molecule has 19 heavy (non-hydrogen) atoms. The molecule has 0 N–H and O–H groups in total. The number of aromatic nitrogens is 1. The third-order valence-electron chi connectivity index (χ3n) is 3.06. The molecule has 94 valence electrons. The molecule has 2 aromatic heterocycles. The van der Waals surface area contributed by atoms with Crippen molar-refractivity contribution in [2.24, 2.45) is 0 Å². The number of benzene rings is 1. The van der Waals surface area contributed by atoms with Gasteiger partial charge in [-0.15, -0.1) is 0 Å². The molecule has 0 aliphatic carbocycles. The lowest BCUT2D eigenvalue weighted by Gasteiger charge is -2.02. The van der Waals surface area contributed by atoms with Gasteiger partial charge >= 0.3 is 0 Å². The van der Waals surface area contributed by atoms with Crippen LogP contribution >= 0.6 is 23.2 Å². The molecule has 0 saturated carbocycles. The van der Waals surface area contributed by atoms with Crippen LogP contribution in [0, 0.1) is 0 Å². The number of carbonyl (C=O) groups excluding carboxylic acids is 1. The lowest BCUT2D eigenvalue weighted by molar-refractivity contribution is 0.111. The van der Waals surface area contributed by atoms with Gasteiger partial charge in [0.2, 0.25) is 0 Å². The lowest BCUT2D eigenvalue weighted by Crippen LogP contribution is -1.91. The number of halogens is 2. The maximum absolute atomic E-state index is 11.3. The number of fused-ring (bicyclic) bond motifs is 1. The standard InChI is InChI=1S/C15H9Cl2NO/c16-13-5-4-10(7-14(13)17)12-8-11-3-1-2-6-18(11)15(12)9-19/h1-9H. The molecule has 0 spiro atoms. The molecule has 0 aliphatic rings. The van der Waals surface area contributed by atoms with Crippen LogP contribution in [0.5, 0.6) is 0 Å². The van der Waals surface area contributed by atoms with Crippen LogP contribution < -0.4 is 0 Å². The summed E-state index contributed by atoms with van der Waals surface area (Å²) in [4.78, 5) is 11.3. The van der Waals surface area contributed by atoms with Gasteiger partial charge in [-0.05, 0) is 35.9 Å². The number of hydrogen-bond acceptors (Lipinski definition) is 1. The molecule has 0 amide bonds. The summed E-state index contributed by atoms with van der Waals surface area (Å²) in [5.41, 5.74) is 3.29. The minimum Gasteiger partial charge on any atom is -0.314 e. The Kier molecular flexibility index (Phi) is 3.05.